The van der Waals surface area contributed by atoms with Gasteiger partial charge in [-0.2, -0.15) is 0 Å². The number of aromatic nitrogens is 1. The van der Waals surface area contributed by atoms with Crippen molar-refractivity contribution in [3.05, 3.63) is 148 Å². The monoisotopic (exact) mass is 760 g/mol. The van der Waals surface area contributed by atoms with Gasteiger partial charge in [-0.25, -0.2) is 14.3 Å². The van der Waals surface area contributed by atoms with Crippen molar-refractivity contribution in [1.82, 2.24) is 10.3 Å². The Morgan fingerprint density at radius 3 is 2.41 bits per heavy atom. The predicted molar refractivity (Wildman–Crippen MR) is 197 cm³/mol. The second kappa shape index (κ2) is 14.6. The summed E-state index contributed by atoms with van der Waals surface area (Å²) in [4.78, 5) is 59.4. The molecule has 1 aliphatic rings. The molecule has 0 bridgehead atoms. The number of carbonyl (C=O) groups excluding carboxylic acids is 4. The minimum atomic E-state index is -0.786. The van der Waals surface area contributed by atoms with E-state index < -0.39 is 22.9 Å². The van der Waals surface area contributed by atoms with Crippen molar-refractivity contribution < 1.29 is 28.0 Å². The van der Waals surface area contributed by atoms with Crippen molar-refractivity contribution >= 4 is 79.9 Å². The molecule has 0 aliphatic carbocycles. The molecule has 0 saturated carbocycles. The first-order valence-corrected chi connectivity index (χ1v) is 17.3. The number of amides is 4. The number of rotatable bonds is 9. The van der Waals surface area contributed by atoms with Crippen LogP contribution < -0.4 is 15.5 Å². The number of nitrogens with zero attached hydrogens (tertiary/aromatic N) is 2. The number of anilines is 2. The van der Waals surface area contributed by atoms with E-state index in [1.807, 2.05) is 24.3 Å². The highest BCUT2D eigenvalue weighted by Crippen LogP contribution is 2.36. The maximum Gasteiger partial charge on any atom is 0.272 e. The Morgan fingerprint density at radius 1 is 0.902 bits per heavy atom. The molecule has 12 heteroatoms. The van der Waals surface area contributed by atoms with Crippen LogP contribution in [-0.2, 0) is 14.4 Å². The van der Waals surface area contributed by atoms with Crippen molar-refractivity contribution in [2.24, 2.45) is 0 Å². The lowest BCUT2D eigenvalue weighted by atomic mass is 10.1. The van der Waals surface area contributed by atoms with Gasteiger partial charge in [-0.15, -0.1) is 11.8 Å². The molecule has 4 amide bonds. The van der Waals surface area contributed by atoms with Crippen LogP contribution in [0.25, 0.3) is 28.6 Å². The van der Waals surface area contributed by atoms with Gasteiger partial charge < -0.3 is 15.1 Å². The highest BCUT2D eigenvalue weighted by Gasteiger charge is 2.40. The van der Waals surface area contributed by atoms with E-state index in [9.17, 15) is 23.6 Å². The minimum Gasteiger partial charge on any atom is -0.436 e. The Kier molecular flexibility index (Phi) is 9.60. The van der Waals surface area contributed by atoms with Crippen LogP contribution in [0.15, 0.2) is 141 Å². The average molecular weight is 762 g/mol. The number of para-hydroxylation sites is 2. The average Bonchev–Trinajstić information content (AvgIpc) is 3.69. The molecule has 2 heterocycles. The second-order valence-electron chi connectivity index (χ2n) is 11.4. The van der Waals surface area contributed by atoms with E-state index >= 15 is 0 Å². The van der Waals surface area contributed by atoms with Crippen LogP contribution in [0, 0.1) is 5.82 Å². The van der Waals surface area contributed by atoms with Crippen LogP contribution in [-0.4, -0.2) is 33.9 Å². The van der Waals surface area contributed by atoms with Crippen molar-refractivity contribution in [2.45, 2.75) is 16.6 Å². The maximum atomic E-state index is 14.4. The second-order valence-corrected chi connectivity index (χ2v) is 13.6. The van der Waals surface area contributed by atoms with E-state index in [4.69, 9.17) is 4.42 Å². The van der Waals surface area contributed by atoms with Gasteiger partial charge in [0, 0.05) is 27.0 Å². The largest absolute Gasteiger partial charge is 0.436 e. The van der Waals surface area contributed by atoms with Gasteiger partial charge in [0.05, 0.1) is 16.5 Å². The van der Waals surface area contributed by atoms with Crippen molar-refractivity contribution in [3.63, 3.8) is 0 Å². The zero-order valence-electron chi connectivity index (χ0n) is 26.5. The molecule has 1 saturated heterocycles. The zero-order chi connectivity index (χ0) is 35.5. The summed E-state index contributed by atoms with van der Waals surface area (Å²) in [6.45, 7) is 0. The smallest absolute Gasteiger partial charge is 0.272 e. The number of hydrogen-bond acceptors (Lipinski definition) is 7. The third kappa shape index (κ3) is 7.52. The van der Waals surface area contributed by atoms with Crippen molar-refractivity contribution in [3.8, 4) is 11.5 Å². The Bertz CT molecular complexity index is 2310. The predicted octanol–water partition coefficient (Wildman–Crippen LogP) is 8.23. The molecule has 7 rings (SSSR count). The van der Waals surface area contributed by atoms with E-state index in [1.165, 1.54) is 40.9 Å². The third-order valence-electron chi connectivity index (χ3n) is 7.93. The lowest BCUT2D eigenvalue weighted by molar-refractivity contribution is -0.121. The number of imide groups is 1. The van der Waals surface area contributed by atoms with Crippen LogP contribution in [0.5, 0.6) is 0 Å². The molecule has 1 fully saturated rings. The number of hydrogen-bond donors (Lipinski definition) is 2. The fourth-order valence-electron chi connectivity index (χ4n) is 5.45. The van der Waals surface area contributed by atoms with Gasteiger partial charge in [0.1, 0.15) is 17.0 Å². The Hall–Kier alpha value is -5.85. The summed E-state index contributed by atoms with van der Waals surface area (Å²) in [5.41, 5.74) is 3.22. The highest BCUT2D eigenvalue weighted by atomic mass is 79.9. The van der Waals surface area contributed by atoms with E-state index in [2.05, 4.69) is 31.5 Å². The topological polar surface area (TPSA) is 122 Å². The summed E-state index contributed by atoms with van der Waals surface area (Å²) < 4.78 is 21.0. The van der Waals surface area contributed by atoms with Crippen LogP contribution in [0.1, 0.15) is 22.3 Å². The molecule has 1 unspecified atom stereocenters. The van der Waals surface area contributed by atoms with Crippen LogP contribution in [0.3, 0.4) is 0 Å². The number of fused-ring (bicyclic) bond motifs is 1. The Labute approximate surface area is 303 Å². The summed E-state index contributed by atoms with van der Waals surface area (Å²) in [6.07, 6.45) is 1.48. The lowest BCUT2D eigenvalue weighted by Gasteiger charge is -2.15. The Morgan fingerprint density at radius 2 is 1.65 bits per heavy atom. The maximum absolute atomic E-state index is 14.4. The fraction of sp³-hybridized carbons (Fsp3) is 0.0513. The quantitative estimate of drug-likeness (QED) is 0.113. The van der Waals surface area contributed by atoms with Gasteiger partial charge in [-0.1, -0.05) is 58.4 Å². The van der Waals surface area contributed by atoms with E-state index in [0.29, 0.717) is 38.9 Å². The van der Waals surface area contributed by atoms with Gasteiger partial charge in [-0.3, -0.25) is 19.2 Å². The summed E-state index contributed by atoms with van der Waals surface area (Å²) in [5, 5.41) is 4.63. The van der Waals surface area contributed by atoms with E-state index in [1.54, 1.807) is 72.8 Å². The molecule has 51 heavy (non-hydrogen) atoms. The Balaban J connectivity index is 1.05. The molecule has 9 nitrogen and oxygen atoms in total. The van der Waals surface area contributed by atoms with Crippen LogP contribution >= 0.6 is 27.7 Å². The first kappa shape index (κ1) is 33.6. The molecule has 5 aromatic carbocycles. The van der Waals surface area contributed by atoms with Crippen molar-refractivity contribution in [1.29, 1.82) is 0 Å². The van der Waals surface area contributed by atoms with Crippen LogP contribution in [0.2, 0.25) is 0 Å². The van der Waals surface area contributed by atoms with Gasteiger partial charge in [0.25, 0.3) is 11.8 Å². The number of carbonyl (C=O) groups is 4. The molecule has 2 N–H and O–H groups in total. The molecule has 6 aromatic rings. The SMILES string of the molecule is O=C(Nc1cccc(SC2CC(=O)N(c3ccc(-c4nc5ccccc5o4)cc3)C2=O)c1)/C(=C/c1ccc(Br)cc1)NC(=O)c1ccccc1F. The van der Waals surface area contributed by atoms with Crippen LogP contribution in [0.4, 0.5) is 15.8 Å². The molecular weight excluding hydrogens is 735 g/mol. The summed E-state index contributed by atoms with van der Waals surface area (Å²) >= 11 is 4.59. The summed E-state index contributed by atoms with van der Waals surface area (Å²) in [5.74, 6) is -2.41. The molecular formula is C39H26BrFN4O5S. The van der Waals surface area contributed by atoms with Gasteiger partial charge in [0.2, 0.25) is 17.7 Å². The standard InChI is InChI=1S/C39H26BrFN4O5S/c40-25-16-12-23(13-17-25)20-32(43-36(47)29-8-1-2-9-30(29)41)37(48)42-26-6-5-7-28(21-26)51-34-22-35(46)45(39(34)49)27-18-14-24(15-19-27)38-44-31-10-3-4-11-33(31)50-38/h1-21,34H,22H2,(H,42,48)(H,43,47)/b32-20-. The molecule has 252 valence electrons. The number of nitrogens with one attached hydrogen (secondary N) is 2. The fourth-order valence-corrected chi connectivity index (χ4v) is 6.82. The molecule has 0 radical (unpaired) electrons. The first-order valence-electron chi connectivity index (χ1n) is 15.7. The number of oxazole rings is 1. The first-order chi connectivity index (χ1) is 24.7. The van der Waals surface area contributed by atoms with Crippen molar-refractivity contribution in [2.75, 3.05) is 10.2 Å². The summed E-state index contributed by atoms with van der Waals surface area (Å²) in [7, 11) is 0. The number of thioether (sulfide) groups is 1. The molecule has 1 aliphatic heterocycles. The molecule has 1 aromatic heterocycles. The summed E-state index contributed by atoms with van der Waals surface area (Å²) in [6, 6.07) is 33.7. The lowest BCUT2D eigenvalue weighted by Crippen LogP contribution is -2.31. The van der Waals surface area contributed by atoms with E-state index in [0.717, 1.165) is 16.1 Å². The molecule has 1 atom stereocenters. The normalized spacial score (nSPS) is 14.6. The minimum absolute atomic E-state index is 0.00484. The third-order valence-corrected chi connectivity index (χ3v) is 9.64. The zero-order valence-corrected chi connectivity index (χ0v) is 28.9. The van der Waals surface area contributed by atoms with Gasteiger partial charge >= 0.3 is 0 Å². The van der Waals surface area contributed by atoms with E-state index in [-0.39, 0.29) is 29.5 Å². The number of halogens is 2. The van der Waals surface area contributed by atoms with Gasteiger partial charge in [0.15, 0.2) is 5.58 Å². The number of benzene rings is 5. The highest BCUT2D eigenvalue weighted by molar-refractivity contribution is 9.10. The van der Waals surface area contributed by atoms with Gasteiger partial charge in [-0.05, 0) is 90.5 Å². The molecule has 0 spiro atoms.